The van der Waals surface area contributed by atoms with Gasteiger partial charge in [0.1, 0.15) is 6.61 Å². The lowest BCUT2D eigenvalue weighted by Crippen LogP contribution is -2.56. The molecule has 10 heteroatoms. The molecule has 1 unspecified atom stereocenters. The average molecular weight is 386 g/mol. The SMILES string of the molecule is CC1CN(C(=O)Nc2cccc(N3CCOC3=O)c2)CCN1CC(F)(F)F. The van der Waals surface area contributed by atoms with Gasteiger partial charge in [0.05, 0.1) is 13.1 Å². The van der Waals surface area contributed by atoms with Crippen molar-refractivity contribution >= 4 is 23.5 Å². The molecule has 0 saturated carbocycles. The molecule has 3 amide bonds. The summed E-state index contributed by atoms with van der Waals surface area (Å²) in [5, 5.41) is 2.74. The number of nitrogens with zero attached hydrogens (tertiary/aromatic N) is 3. The minimum atomic E-state index is -4.25. The fourth-order valence-electron chi connectivity index (χ4n) is 3.23. The summed E-state index contributed by atoms with van der Waals surface area (Å²) in [4.78, 5) is 28.4. The first-order valence-corrected chi connectivity index (χ1v) is 8.64. The average Bonchev–Trinajstić information content (AvgIpc) is 3.02. The Balaban J connectivity index is 1.59. The van der Waals surface area contributed by atoms with E-state index < -0.39 is 24.9 Å². The number of ether oxygens (including phenoxy) is 1. The van der Waals surface area contributed by atoms with E-state index in [2.05, 4.69) is 5.32 Å². The number of piperazine rings is 1. The number of amides is 3. The van der Waals surface area contributed by atoms with Gasteiger partial charge in [-0.1, -0.05) is 6.07 Å². The molecule has 2 aliphatic rings. The molecule has 2 saturated heterocycles. The molecule has 1 aromatic rings. The Morgan fingerprint density at radius 1 is 1.30 bits per heavy atom. The molecule has 2 heterocycles. The number of halogens is 3. The van der Waals surface area contributed by atoms with Crippen LogP contribution in [0.15, 0.2) is 24.3 Å². The molecule has 0 aliphatic carbocycles. The second-order valence-corrected chi connectivity index (χ2v) is 6.63. The van der Waals surface area contributed by atoms with Gasteiger partial charge in [-0.15, -0.1) is 0 Å². The number of hydrogen-bond acceptors (Lipinski definition) is 4. The summed E-state index contributed by atoms with van der Waals surface area (Å²) >= 11 is 0. The second kappa shape index (κ2) is 7.63. The van der Waals surface area contributed by atoms with Crippen LogP contribution >= 0.6 is 0 Å². The van der Waals surface area contributed by atoms with Gasteiger partial charge in [0.2, 0.25) is 0 Å². The number of rotatable bonds is 3. The van der Waals surface area contributed by atoms with E-state index in [1.165, 1.54) is 14.7 Å². The number of hydrogen-bond donors (Lipinski definition) is 1. The Labute approximate surface area is 154 Å². The Morgan fingerprint density at radius 2 is 2.07 bits per heavy atom. The van der Waals surface area contributed by atoms with Crippen LogP contribution in [-0.2, 0) is 4.74 Å². The third-order valence-corrected chi connectivity index (χ3v) is 4.60. The Kier molecular flexibility index (Phi) is 5.45. The lowest BCUT2D eigenvalue weighted by molar-refractivity contribution is -0.153. The molecule has 1 aromatic carbocycles. The molecule has 7 nitrogen and oxygen atoms in total. The van der Waals surface area contributed by atoms with Crippen LogP contribution < -0.4 is 10.2 Å². The molecule has 3 rings (SSSR count). The molecule has 2 fully saturated rings. The maximum Gasteiger partial charge on any atom is 0.414 e. The van der Waals surface area contributed by atoms with Crippen molar-refractivity contribution in [2.75, 3.05) is 49.5 Å². The number of carbonyl (C=O) groups is 2. The molecule has 148 valence electrons. The zero-order chi connectivity index (χ0) is 19.6. The predicted molar refractivity (Wildman–Crippen MR) is 92.8 cm³/mol. The van der Waals surface area contributed by atoms with Crippen LogP contribution in [0.5, 0.6) is 0 Å². The minimum Gasteiger partial charge on any atom is -0.447 e. The van der Waals surface area contributed by atoms with Gasteiger partial charge < -0.3 is 15.0 Å². The number of nitrogens with one attached hydrogen (secondary N) is 1. The van der Waals surface area contributed by atoms with Gasteiger partial charge in [-0.05, 0) is 25.1 Å². The normalized spacial score (nSPS) is 21.3. The van der Waals surface area contributed by atoms with Crippen molar-refractivity contribution in [3.63, 3.8) is 0 Å². The van der Waals surface area contributed by atoms with Gasteiger partial charge in [-0.25, -0.2) is 9.59 Å². The van der Waals surface area contributed by atoms with Crippen molar-refractivity contribution in [2.45, 2.75) is 19.1 Å². The van der Waals surface area contributed by atoms with E-state index in [4.69, 9.17) is 4.74 Å². The Bertz CT molecular complexity index is 713. The van der Waals surface area contributed by atoms with Crippen molar-refractivity contribution < 1.29 is 27.5 Å². The molecule has 1 atom stereocenters. The summed E-state index contributed by atoms with van der Waals surface area (Å²) in [7, 11) is 0. The van der Waals surface area contributed by atoms with Gasteiger partial charge >= 0.3 is 18.3 Å². The molecule has 2 aliphatic heterocycles. The van der Waals surface area contributed by atoms with E-state index in [0.29, 0.717) is 24.5 Å². The third-order valence-electron chi connectivity index (χ3n) is 4.60. The summed E-state index contributed by atoms with van der Waals surface area (Å²) in [6.07, 6.45) is -4.69. The zero-order valence-electron chi connectivity index (χ0n) is 14.8. The largest absolute Gasteiger partial charge is 0.447 e. The minimum absolute atomic E-state index is 0.160. The van der Waals surface area contributed by atoms with E-state index in [1.807, 2.05) is 0 Å². The van der Waals surface area contributed by atoms with E-state index >= 15 is 0 Å². The van der Waals surface area contributed by atoms with Crippen LogP contribution in [0.3, 0.4) is 0 Å². The van der Waals surface area contributed by atoms with Crippen molar-refractivity contribution in [3.8, 4) is 0 Å². The monoisotopic (exact) mass is 386 g/mol. The summed E-state index contributed by atoms with van der Waals surface area (Å²) in [6.45, 7) is 2.03. The fraction of sp³-hybridized carbons (Fsp3) is 0.529. The van der Waals surface area contributed by atoms with Gasteiger partial charge in [-0.2, -0.15) is 13.2 Å². The molecule has 0 bridgehead atoms. The highest BCUT2D eigenvalue weighted by Crippen LogP contribution is 2.24. The molecule has 1 N–H and O–H groups in total. The van der Waals surface area contributed by atoms with E-state index in [-0.39, 0.29) is 25.7 Å². The Morgan fingerprint density at radius 3 is 2.70 bits per heavy atom. The van der Waals surface area contributed by atoms with Crippen LogP contribution in [0.2, 0.25) is 0 Å². The number of benzene rings is 1. The lowest BCUT2D eigenvalue weighted by Gasteiger charge is -2.39. The zero-order valence-corrected chi connectivity index (χ0v) is 14.8. The number of carbonyl (C=O) groups excluding carboxylic acids is 2. The van der Waals surface area contributed by atoms with Crippen LogP contribution in [0.25, 0.3) is 0 Å². The van der Waals surface area contributed by atoms with Crippen LogP contribution in [0.4, 0.5) is 34.1 Å². The smallest absolute Gasteiger partial charge is 0.414 e. The van der Waals surface area contributed by atoms with Crippen LogP contribution in [0, 0.1) is 0 Å². The molecule has 27 heavy (non-hydrogen) atoms. The second-order valence-electron chi connectivity index (χ2n) is 6.63. The van der Waals surface area contributed by atoms with Crippen molar-refractivity contribution in [1.29, 1.82) is 0 Å². The number of alkyl halides is 3. The molecular formula is C17H21F3N4O3. The molecule has 0 spiro atoms. The quantitative estimate of drug-likeness (QED) is 0.868. The molecule has 0 aromatic heterocycles. The summed E-state index contributed by atoms with van der Waals surface area (Å²) in [6, 6.07) is 6.02. The summed E-state index contributed by atoms with van der Waals surface area (Å²) in [5.74, 6) is 0. The highest BCUT2D eigenvalue weighted by Gasteiger charge is 2.36. The molecule has 0 radical (unpaired) electrons. The van der Waals surface area contributed by atoms with E-state index in [0.717, 1.165) is 0 Å². The standard InChI is InChI=1S/C17H21F3N4O3/c1-12-10-22(5-6-23(12)11-17(18,19)20)15(25)21-13-3-2-4-14(9-13)24-7-8-27-16(24)26/h2-4,9,12H,5-8,10-11H2,1H3,(H,21,25). The fourth-order valence-corrected chi connectivity index (χ4v) is 3.23. The highest BCUT2D eigenvalue weighted by atomic mass is 19.4. The van der Waals surface area contributed by atoms with Gasteiger partial charge in [0, 0.05) is 37.1 Å². The number of urea groups is 1. The summed E-state index contributed by atoms with van der Waals surface area (Å²) in [5.41, 5.74) is 1.11. The first kappa shape index (κ1) is 19.3. The maximum absolute atomic E-state index is 12.6. The molecular weight excluding hydrogens is 365 g/mol. The van der Waals surface area contributed by atoms with Crippen LogP contribution in [0.1, 0.15) is 6.92 Å². The lowest BCUT2D eigenvalue weighted by atomic mass is 10.2. The maximum atomic E-state index is 12.6. The van der Waals surface area contributed by atoms with Crippen molar-refractivity contribution in [1.82, 2.24) is 9.80 Å². The number of cyclic esters (lactones) is 1. The number of anilines is 2. The topological polar surface area (TPSA) is 65.1 Å². The van der Waals surface area contributed by atoms with E-state index in [1.54, 1.807) is 31.2 Å². The van der Waals surface area contributed by atoms with Gasteiger partial charge in [-0.3, -0.25) is 9.80 Å². The first-order chi connectivity index (χ1) is 12.7. The van der Waals surface area contributed by atoms with Crippen LogP contribution in [-0.4, -0.2) is 73.5 Å². The summed E-state index contributed by atoms with van der Waals surface area (Å²) < 4.78 is 42.6. The van der Waals surface area contributed by atoms with E-state index in [9.17, 15) is 22.8 Å². The van der Waals surface area contributed by atoms with Crippen molar-refractivity contribution in [2.24, 2.45) is 0 Å². The Hall–Kier alpha value is -2.49. The van der Waals surface area contributed by atoms with Gasteiger partial charge in [0.25, 0.3) is 0 Å². The third kappa shape index (κ3) is 4.82. The predicted octanol–water partition coefficient (Wildman–Crippen LogP) is 2.74. The first-order valence-electron chi connectivity index (χ1n) is 8.64. The van der Waals surface area contributed by atoms with Crippen molar-refractivity contribution in [3.05, 3.63) is 24.3 Å². The highest BCUT2D eigenvalue weighted by molar-refractivity contribution is 5.93. The van der Waals surface area contributed by atoms with Gasteiger partial charge in [0.15, 0.2) is 0 Å².